The number of aromatic nitrogens is 1. The van der Waals surface area contributed by atoms with E-state index < -0.39 is 0 Å². The van der Waals surface area contributed by atoms with Crippen molar-refractivity contribution in [2.75, 3.05) is 5.84 Å². The summed E-state index contributed by atoms with van der Waals surface area (Å²) in [7, 11) is 0. The SMILES string of the molecule is N[n+]1ccccc1Oc1ccccc1. The second-order valence-electron chi connectivity index (χ2n) is 2.86. The molecule has 0 radical (unpaired) electrons. The van der Waals surface area contributed by atoms with Crippen molar-refractivity contribution in [1.29, 1.82) is 0 Å². The summed E-state index contributed by atoms with van der Waals surface area (Å²) in [5.41, 5.74) is 0. The molecule has 1 aromatic heterocycles. The van der Waals surface area contributed by atoms with Crippen molar-refractivity contribution in [2.24, 2.45) is 0 Å². The summed E-state index contributed by atoms with van der Waals surface area (Å²) in [5.74, 6) is 7.05. The average Bonchev–Trinajstić information content (AvgIpc) is 2.23. The summed E-state index contributed by atoms with van der Waals surface area (Å²) >= 11 is 0. The molecule has 0 spiro atoms. The molecular formula is C11H11N2O+. The molecule has 3 heteroatoms. The lowest BCUT2D eigenvalue weighted by Crippen LogP contribution is -2.44. The van der Waals surface area contributed by atoms with Crippen LogP contribution in [0.25, 0.3) is 0 Å². The molecule has 0 saturated heterocycles. The molecule has 0 amide bonds. The number of nitrogens with zero attached hydrogens (tertiary/aromatic N) is 1. The Labute approximate surface area is 82.3 Å². The number of para-hydroxylation sites is 1. The fraction of sp³-hybridized carbons (Fsp3) is 0. The van der Waals surface area contributed by atoms with E-state index in [9.17, 15) is 0 Å². The molecule has 1 aromatic carbocycles. The lowest BCUT2D eigenvalue weighted by Gasteiger charge is -2.00. The Morgan fingerprint density at radius 3 is 2.36 bits per heavy atom. The normalized spacial score (nSPS) is 9.71. The maximum atomic E-state index is 5.66. The largest absolute Gasteiger partial charge is 0.403 e. The number of hydrogen-bond acceptors (Lipinski definition) is 2. The van der Waals surface area contributed by atoms with Crippen LogP contribution in [0.1, 0.15) is 0 Å². The van der Waals surface area contributed by atoms with E-state index in [-0.39, 0.29) is 0 Å². The topological polar surface area (TPSA) is 39.1 Å². The number of nitrogens with two attached hydrogens (primary N) is 1. The van der Waals surface area contributed by atoms with Crippen LogP contribution >= 0.6 is 0 Å². The van der Waals surface area contributed by atoms with Crippen molar-refractivity contribution >= 4 is 0 Å². The third kappa shape index (κ3) is 1.82. The van der Waals surface area contributed by atoms with Crippen molar-refractivity contribution < 1.29 is 9.41 Å². The molecule has 0 aliphatic heterocycles. The summed E-state index contributed by atoms with van der Waals surface area (Å²) in [6.07, 6.45) is 1.73. The highest BCUT2D eigenvalue weighted by atomic mass is 16.5. The van der Waals surface area contributed by atoms with Crippen LogP contribution in [0.5, 0.6) is 11.6 Å². The molecule has 1 heterocycles. The second-order valence-corrected chi connectivity index (χ2v) is 2.86. The number of ether oxygens (including phenoxy) is 1. The van der Waals surface area contributed by atoms with Crippen LogP contribution in [-0.2, 0) is 0 Å². The fourth-order valence-corrected chi connectivity index (χ4v) is 1.14. The van der Waals surface area contributed by atoms with E-state index in [4.69, 9.17) is 10.6 Å². The zero-order chi connectivity index (χ0) is 9.80. The predicted molar refractivity (Wildman–Crippen MR) is 53.3 cm³/mol. The lowest BCUT2D eigenvalue weighted by molar-refractivity contribution is -0.643. The third-order valence-electron chi connectivity index (χ3n) is 1.82. The van der Waals surface area contributed by atoms with E-state index in [2.05, 4.69) is 0 Å². The van der Waals surface area contributed by atoms with Gasteiger partial charge in [-0.2, -0.15) is 0 Å². The van der Waals surface area contributed by atoms with Gasteiger partial charge in [-0.05, 0) is 18.2 Å². The van der Waals surface area contributed by atoms with Crippen molar-refractivity contribution in [3.63, 3.8) is 0 Å². The maximum absolute atomic E-state index is 5.66. The van der Waals surface area contributed by atoms with E-state index in [0.717, 1.165) is 5.75 Å². The van der Waals surface area contributed by atoms with Gasteiger partial charge in [-0.25, -0.2) is 5.84 Å². The first-order valence-corrected chi connectivity index (χ1v) is 4.35. The summed E-state index contributed by atoms with van der Waals surface area (Å²) in [6.45, 7) is 0. The van der Waals surface area contributed by atoms with Gasteiger partial charge in [-0.1, -0.05) is 22.9 Å². The lowest BCUT2D eigenvalue weighted by atomic mass is 10.3. The Morgan fingerprint density at radius 2 is 1.64 bits per heavy atom. The van der Waals surface area contributed by atoms with Gasteiger partial charge in [0.05, 0.1) is 6.07 Å². The van der Waals surface area contributed by atoms with E-state index in [1.165, 1.54) is 4.68 Å². The number of nitrogen functional groups attached to an aromatic ring is 1. The van der Waals surface area contributed by atoms with Crippen LogP contribution in [0.15, 0.2) is 54.7 Å². The van der Waals surface area contributed by atoms with Gasteiger partial charge >= 0.3 is 5.88 Å². The van der Waals surface area contributed by atoms with Crippen LogP contribution < -0.4 is 15.3 Å². The number of rotatable bonds is 2. The second kappa shape index (κ2) is 3.79. The molecule has 0 saturated carbocycles. The molecule has 0 atom stereocenters. The molecule has 2 aromatic rings. The number of hydrogen-bond donors (Lipinski definition) is 1. The van der Waals surface area contributed by atoms with Crippen LogP contribution in [0.3, 0.4) is 0 Å². The minimum Gasteiger partial charge on any atom is -0.403 e. The molecule has 0 fully saturated rings. The first-order chi connectivity index (χ1) is 6.86. The monoisotopic (exact) mass is 187 g/mol. The van der Waals surface area contributed by atoms with Gasteiger partial charge in [0, 0.05) is 6.07 Å². The highest BCUT2D eigenvalue weighted by Gasteiger charge is 2.07. The van der Waals surface area contributed by atoms with Gasteiger partial charge in [0.25, 0.3) is 0 Å². The van der Waals surface area contributed by atoms with Crippen LogP contribution in [0.4, 0.5) is 0 Å². The number of pyridine rings is 1. The Kier molecular flexibility index (Phi) is 2.32. The predicted octanol–water partition coefficient (Wildman–Crippen LogP) is 1.48. The van der Waals surface area contributed by atoms with Crippen molar-refractivity contribution in [2.45, 2.75) is 0 Å². The molecule has 2 rings (SSSR count). The molecule has 70 valence electrons. The molecule has 0 unspecified atom stereocenters. The van der Waals surface area contributed by atoms with Gasteiger partial charge in [0.1, 0.15) is 5.75 Å². The summed E-state index contributed by atoms with van der Waals surface area (Å²) < 4.78 is 6.98. The van der Waals surface area contributed by atoms with Crippen molar-refractivity contribution in [1.82, 2.24) is 0 Å². The molecule has 0 bridgehead atoms. The van der Waals surface area contributed by atoms with Gasteiger partial charge in [-0.15, -0.1) is 0 Å². The summed E-state index contributed by atoms with van der Waals surface area (Å²) in [6, 6.07) is 15.1. The van der Waals surface area contributed by atoms with Crippen molar-refractivity contribution in [3.05, 3.63) is 54.7 Å². The smallest absolute Gasteiger partial charge is 0.401 e. The minimum absolute atomic E-state index is 0.610. The Morgan fingerprint density at radius 1 is 0.929 bits per heavy atom. The van der Waals surface area contributed by atoms with Gasteiger partial charge < -0.3 is 4.74 Å². The highest BCUT2D eigenvalue weighted by Crippen LogP contribution is 2.15. The fourth-order valence-electron chi connectivity index (χ4n) is 1.14. The van der Waals surface area contributed by atoms with Gasteiger partial charge in [-0.3, -0.25) is 0 Å². The van der Waals surface area contributed by atoms with E-state index in [1.54, 1.807) is 6.20 Å². The first kappa shape index (κ1) is 8.56. The average molecular weight is 187 g/mol. The molecule has 0 aliphatic carbocycles. The summed E-state index contributed by atoms with van der Waals surface area (Å²) in [4.78, 5) is 0. The molecule has 3 nitrogen and oxygen atoms in total. The quantitative estimate of drug-likeness (QED) is 0.571. The van der Waals surface area contributed by atoms with E-state index in [1.807, 2.05) is 48.5 Å². The number of benzene rings is 1. The zero-order valence-corrected chi connectivity index (χ0v) is 7.63. The first-order valence-electron chi connectivity index (χ1n) is 4.35. The highest BCUT2D eigenvalue weighted by molar-refractivity contribution is 5.24. The van der Waals surface area contributed by atoms with Gasteiger partial charge in [0.2, 0.25) is 6.20 Å². The van der Waals surface area contributed by atoms with E-state index >= 15 is 0 Å². The molecule has 14 heavy (non-hydrogen) atoms. The maximum Gasteiger partial charge on any atom is 0.401 e. The van der Waals surface area contributed by atoms with Crippen LogP contribution in [0.2, 0.25) is 0 Å². The summed E-state index contributed by atoms with van der Waals surface area (Å²) in [5, 5.41) is 0. The third-order valence-corrected chi connectivity index (χ3v) is 1.82. The molecule has 0 aliphatic rings. The van der Waals surface area contributed by atoms with Crippen LogP contribution in [0, 0.1) is 0 Å². The van der Waals surface area contributed by atoms with Crippen molar-refractivity contribution in [3.8, 4) is 11.6 Å². The van der Waals surface area contributed by atoms with E-state index in [0.29, 0.717) is 5.88 Å². The Hall–Kier alpha value is -2.03. The van der Waals surface area contributed by atoms with Gasteiger partial charge in [0.15, 0.2) is 0 Å². The minimum atomic E-state index is 0.610. The van der Waals surface area contributed by atoms with Crippen LogP contribution in [-0.4, -0.2) is 0 Å². The Balaban J connectivity index is 2.24. The molecular weight excluding hydrogens is 176 g/mol. The Bertz CT molecular complexity index is 415. The standard InChI is InChI=1S/C11H11N2O/c12-13-9-5-4-8-11(13)14-10-6-2-1-3-7-10/h1-9H,12H2/q+1. The zero-order valence-electron chi connectivity index (χ0n) is 7.63. The molecule has 2 N–H and O–H groups in total.